The van der Waals surface area contributed by atoms with E-state index in [0.29, 0.717) is 5.69 Å². The lowest BCUT2D eigenvalue weighted by atomic mass is 10.1. The van der Waals surface area contributed by atoms with Crippen LogP contribution in [-0.4, -0.2) is 23.5 Å². The molecular formula is C20H15IN2O3. The fraction of sp³-hybridized carbons (Fsp3) is 0.0500. The molecule has 0 aliphatic heterocycles. The first-order valence-electron chi connectivity index (χ1n) is 7.86. The number of halogens is 1. The SMILES string of the molecule is O=C(COC(=O)/C=C/c1cccc2cccnc12)Nc1ccc(I)cc1. The highest BCUT2D eigenvalue weighted by Crippen LogP contribution is 2.17. The van der Waals surface area contributed by atoms with E-state index in [0.717, 1.165) is 20.0 Å². The summed E-state index contributed by atoms with van der Waals surface area (Å²) in [5.41, 5.74) is 2.27. The molecule has 5 nitrogen and oxygen atoms in total. The minimum atomic E-state index is -0.587. The summed E-state index contributed by atoms with van der Waals surface area (Å²) in [5.74, 6) is -0.976. The summed E-state index contributed by atoms with van der Waals surface area (Å²) in [5, 5.41) is 3.65. The molecule has 0 aliphatic carbocycles. The zero-order valence-electron chi connectivity index (χ0n) is 13.7. The van der Waals surface area contributed by atoms with Crippen molar-refractivity contribution >= 4 is 57.1 Å². The summed E-state index contributed by atoms with van der Waals surface area (Å²) >= 11 is 2.18. The lowest BCUT2D eigenvalue weighted by molar-refractivity contribution is -0.142. The van der Waals surface area contributed by atoms with Gasteiger partial charge in [0.15, 0.2) is 6.61 Å². The summed E-state index contributed by atoms with van der Waals surface area (Å²) in [6, 6.07) is 16.8. The van der Waals surface area contributed by atoms with Crippen molar-refractivity contribution in [1.82, 2.24) is 4.98 Å². The molecule has 0 spiro atoms. The number of para-hydroxylation sites is 1. The molecule has 1 N–H and O–H groups in total. The summed E-state index contributed by atoms with van der Waals surface area (Å²) in [4.78, 5) is 28.0. The van der Waals surface area contributed by atoms with Gasteiger partial charge in [0.25, 0.3) is 5.91 Å². The Balaban J connectivity index is 1.55. The van der Waals surface area contributed by atoms with Crippen molar-refractivity contribution in [3.8, 4) is 0 Å². The summed E-state index contributed by atoms with van der Waals surface area (Å²) < 4.78 is 6.04. The van der Waals surface area contributed by atoms with E-state index in [2.05, 4.69) is 32.9 Å². The number of hydrogen-bond acceptors (Lipinski definition) is 4. The van der Waals surface area contributed by atoms with Gasteiger partial charge in [-0.3, -0.25) is 9.78 Å². The van der Waals surface area contributed by atoms with Gasteiger partial charge in [0, 0.05) is 32.5 Å². The van der Waals surface area contributed by atoms with Gasteiger partial charge in [0.05, 0.1) is 5.52 Å². The van der Waals surface area contributed by atoms with Crippen LogP contribution in [0, 0.1) is 3.57 Å². The van der Waals surface area contributed by atoms with Gasteiger partial charge >= 0.3 is 5.97 Å². The van der Waals surface area contributed by atoms with E-state index in [1.54, 1.807) is 24.4 Å². The second-order valence-electron chi connectivity index (χ2n) is 5.42. The predicted octanol–water partition coefficient (Wildman–Crippen LogP) is 4.03. The fourth-order valence-electron chi connectivity index (χ4n) is 2.34. The molecule has 2 aromatic carbocycles. The molecular weight excluding hydrogens is 443 g/mol. The first-order valence-corrected chi connectivity index (χ1v) is 8.94. The van der Waals surface area contributed by atoms with Crippen LogP contribution in [0.2, 0.25) is 0 Å². The molecule has 0 saturated heterocycles. The largest absolute Gasteiger partial charge is 0.452 e. The fourth-order valence-corrected chi connectivity index (χ4v) is 2.69. The van der Waals surface area contributed by atoms with Crippen LogP contribution in [0.4, 0.5) is 5.69 Å². The Morgan fingerprint density at radius 2 is 1.85 bits per heavy atom. The van der Waals surface area contributed by atoms with Crippen LogP contribution in [0.3, 0.4) is 0 Å². The molecule has 0 radical (unpaired) electrons. The highest BCUT2D eigenvalue weighted by molar-refractivity contribution is 14.1. The van der Waals surface area contributed by atoms with Crippen molar-refractivity contribution in [2.45, 2.75) is 0 Å². The molecule has 6 heteroatoms. The summed E-state index contributed by atoms with van der Waals surface area (Å²) in [6.45, 7) is -0.344. The van der Waals surface area contributed by atoms with Crippen LogP contribution in [0.15, 0.2) is 66.9 Å². The number of fused-ring (bicyclic) bond motifs is 1. The minimum absolute atomic E-state index is 0.344. The number of pyridine rings is 1. The van der Waals surface area contributed by atoms with E-state index in [9.17, 15) is 9.59 Å². The number of carbonyl (C=O) groups excluding carboxylic acids is 2. The molecule has 0 unspecified atom stereocenters. The van der Waals surface area contributed by atoms with Gasteiger partial charge in [-0.2, -0.15) is 0 Å². The van der Waals surface area contributed by atoms with E-state index in [-0.39, 0.29) is 12.5 Å². The van der Waals surface area contributed by atoms with E-state index in [1.165, 1.54) is 6.08 Å². The van der Waals surface area contributed by atoms with Crippen LogP contribution in [0.5, 0.6) is 0 Å². The number of rotatable bonds is 5. The Bertz CT molecular complexity index is 963. The molecule has 3 rings (SSSR count). The van der Waals surface area contributed by atoms with E-state index in [1.807, 2.05) is 42.5 Å². The number of benzene rings is 2. The predicted molar refractivity (Wildman–Crippen MR) is 110 cm³/mol. The highest BCUT2D eigenvalue weighted by Gasteiger charge is 2.06. The van der Waals surface area contributed by atoms with Crippen molar-refractivity contribution < 1.29 is 14.3 Å². The zero-order chi connectivity index (χ0) is 18.4. The maximum Gasteiger partial charge on any atom is 0.331 e. The van der Waals surface area contributed by atoms with Gasteiger partial charge < -0.3 is 10.1 Å². The van der Waals surface area contributed by atoms with Gasteiger partial charge in [-0.15, -0.1) is 0 Å². The monoisotopic (exact) mass is 458 g/mol. The molecule has 3 aromatic rings. The van der Waals surface area contributed by atoms with Gasteiger partial charge in [-0.05, 0) is 59.0 Å². The molecule has 130 valence electrons. The number of nitrogens with one attached hydrogen (secondary N) is 1. The van der Waals surface area contributed by atoms with Crippen molar-refractivity contribution in [3.05, 3.63) is 76.0 Å². The Hall–Kier alpha value is -2.74. The van der Waals surface area contributed by atoms with E-state index < -0.39 is 5.97 Å². The van der Waals surface area contributed by atoms with Gasteiger partial charge in [-0.1, -0.05) is 24.3 Å². The lowest BCUT2D eigenvalue weighted by Gasteiger charge is -2.05. The number of anilines is 1. The topological polar surface area (TPSA) is 68.3 Å². The maximum atomic E-state index is 11.8. The normalized spacial score (nSPS) is 10.8. The third-order valence-electron chi connectivity index (χ3n) is 3.54. The van der Waals surface area contributed by atoms with E-state index >= 15 is 0 Å². The molecule has 0 fully saturated rings. The first kappa shape index (κ1) is 18.1. The van der Waals surface area contributed by atoms with Crippen LogP contribution in [-0.2, 0) is 14.3 Å². The molecule has 26 heavy (non-hydrogen) atoms. The number of ether oxygens (including phenoxy) is 1. The summed E-state index contributed by atoms with van der Waals surface area (Å²) in [7, 11) is 0. The molecule has 0 atom stereocenters. The Morgan fingerprint density at radius 3 is 2.65 bits per heavy atom. The number of nitrogens with zero attached hydrogens (tertiary/aromatic N) is 1. The second-order valence-corrected chi connectivity index (χ2v) is 6.66. The molecule has 1 heterocycles. The number of hydrogen-bond donors (Lipinski definition) is 1. The molecule has 0 bridgehead atoms. The number of esters is 1. The maximum absolute atomic E-state index is 11.8. The van der Waals surface area contributed by atoms with Crippen molar-refractivity contribution in [3.63, 3.8) is 0 Å². The van der Waals surface area contributed by atoms with Crippen LogP contribution < -0.4 is 5.32 Å². The zero-order valence-corrected chi connectivity index (χ0v) is 15.8. The Kier molecular flexibility index (Phi) is 5.96. The van der Waals surface area contributed by atoms with Crippen LogP contribution >= 0.6 is 22.6 Å². The molecule has 1 amide bonds. The third-order valence-corrected chi connectivity index (χ3v) is 4.26. The second kappa shape index (κ2) is 8.57. The van der Waals surface area contributed by atoms with E-state index in [4.69, 9.17) is 4.74 Å². The van der Waals surface area contributed by atoms with Gasteiger partial charge in [-0.25, -0.2) is 4.79 Å². The quantitative estimate of drug-likeness (QED) is 0.356. The number of aromatic nitrogens is 1. The molecule has 0 saturated carbocycles. The third kappa shape index (κ3) is 4.89. The minimum Gasteiger partial charge on any atom is -0.452 e. The van der Waals surface area contributed by atoms with Crippen LogP contribution in [0.25, 0.3) is 17.0 Å². The van der Waals surface area contributed by atoms with Gasteiger partial charge in [0.2, 0.25) is 0 Å². The Morgan fingerprint density at radius 1 is 1.08 bits per heavy atom. The Labute approximate surface area is 164 Å². The van der Waals surface area contributed by atoms with Gasteiger partial charge in [0.1, 0.15) is 0 Å². The number of amides is 1. The summed E-state index contributed by atoms with van der Waals surface area (Å²) in [6.07, 6.45) is 4.63. The number of carbonyl (C=O) groups is 2. The van der Waals surface area contributed by atoms with Crippen molar-refractivity contribution in [1.29, 1.82) is 0 Å². The van der Waals surface area contributed by atoms with Crippen molar-refractivity contribution in [2.24, 2.45) is 0 Å². The molecule has 1 aromatic heterocycles. The average Bonchev–Trinajstić information content (AvgIpc) is 2.66. The van der Waals surface area contributed by atoms with Crippen LogP contribution in [0.1, 0.15) is 5.56 Å². The standard InChI is InChI=1S/C20H15IN2O3/c21-16-7-9-17(10-8-16)23-18(24)13-26-19(25)11-6-15-4-1-3-14-5-2-12-22-20(14)15/h1-12H,13H2,(H,23,24)/b11-6+. The first-order chi connectivity index (χ1) is 12.6. The lowest BCUT2D eigenvalue weighted by Crippen LogP contribution is -2.20. The molecule has 0 aliphatic rings. The average molecular weight is 458 g/mol. The van der Waals surface area contributed by atoms with Crippen molar-refractivity contribution in [2.75, 3.05) is 11.9 Å². The highest BCUT2D eigenvalue weighted by atomic mass is 127. The smallest absolute Gasteiger partial charge is 0.331 e.